The Balaban J connectivity index is 1.76. The Morgan fingerprint density at radius 1 is 1.16 bits per heavy atom. The Labute approximate surface area is 141 Å². The monoisotopic (exact) mass is 339 g/mol. The van der Waals surface area contributed by atoms with Crippen LogP contribution in [0.2, 0.25) is 0 Å². The molecule has 1 amide bonds. The summed E-state index contributed by atoms with van der Waals surface area (Å²) in [6.07, 6.45) is -0.715. The van der Waals surface area contributed by atoms with Crippen molar-refractivity contribution in [1.29, 1.82) is 0 Å². The molecule has 0 aliphatic heterocycles. The standard InChI is InChI=1S/C17H13N3O5/c21-14-8-12(16(22)23)11-6-7-13(18-15(11)20-14)19-17(24)25-9-10-4-2-1-3-5-10/h1-8H,9H2,(H,22,23)(H2,18,19,20,21,24). The van der Waals surface area contributed by atoms with Crippen LogP contribution >= 0.6 is 0 Å². The summed E-state index contributed by atoms with van der Waals surface area (Å²) in [4.78, 5) is 41.0. The minimum absolute atomic E-state index is 0.0609. The SMILES string of the molecule is O=C(Nc1ccc2c(C(=O)O)cc(=O)[nH]c2n1)OCc1ccccc1. The van der Waals surface area contributed by atoms with Crippen LogP contribution < -0.4 is 10.9 Å². The number of hydrogen-bond acceptors (Lipinski definition) is 5. The second-order valence-electron chi connectivity index (χ2n) is 5.13. The zero-order valence-electron chi connectivity index (χ0n) is 12.9. The predicted molar refractivity (Wildman–Crippen MR) is 89.6 cm³/mol. The number of carboxylic acid groups (broad SMARTS) is 1. The summed E-state index contributed by atoms with van der Waals surface area (Å²) in [5, 5.41) is 11.8. The van der Waals surface area contributed by atoms with Crippen LogP contribution in [0.15, 0.2) is 53.3 Å². The molecule has 1 aromatic carbocycles. The van der Waals surface area contributed by atoms with E-state index in [4.69, 9.17) is 9.84 Å². The Morgan fingerprint density at radius 3 is 2.64 bits per heavy atom. The van der Waals surface area contributed by atoms with Gasteiger partial charge in [0.05, 0.1) is 5.56 Å². The number of amides is 1. The van der Waals surface area contributed by atoms with Gasteiger partial charge in [-0.1, -0.05) is 30.3 Å². The third kappa shape index (κ3) is 3.81. The van der Waals surface area contributed by atoms with Crippen LogP contribution in [-0.2, 0) is 11.3 Å². The fourth-order valence-corrected chi connectivity index (χ4v) is 2.24. The number of rotatable bonds is 4. The summed E-state index contributed by atoms with van der Waals surface area (Å²) in [5.41, 5.74) is 0.135. The van der Waals surface area contributed by atoms with Crippen LogP contribution in [0.3, 0.4) is 0 Å². The maximum atomic E-state index is 11.8. The molecular formula is C17H13N3O5. The van der Waals surface area contributed by atoms with Gasteiger partial charge in [-0.3, -0.25) is 10.1 Å². The first-order valence-electron chi connectivity index (χ1n) is 7.28. The number of hydrogen-bond donors (Lipinski definition) is 3. The van der Waals surface area contributed by atoms with Gasteiger partial charge < -0.3 is 14.8 Å². The molecule has 2 aromatic heterocycles. The number of nitrogens with one attached hydrogen (secondary N) is 2. The average molecular weight is 339 g/mol. The van der Waals surface area contributed by atoms with Gasteiger partial charge in [0, 0.05) is 11.5 Å². The smallest absolute Gasteiger partial charge is 0.413 e. The molecule has 2 heterocycles. The molecule has 0 spiro atoms. The van der Waals surface area contributed by atoms with E-state index in [9.17, 15) is 14.4 Å². The molecule has 0 atom stereocenters. The number of carbonyl (C=O) groups excluding carboxylic acids is 1. The van der Waals surface area contributed by atoms with Crippen molar-refractivity contribution >= 4 is 28.9 Å². The number of ether oxygens (including phenoxy) is 1. The minimum atomic E-state index is -1.24. The number of benzene rings is 1. The first-order chi connectivity index (χ1) is 12.0. The molecule has 0 saturated carbocycles. The van der Waals surface area contributed by atoms with Crippen molar-refractivity contribution in [2.45, 2.75) is 6.61 Å². The van der Waals surface area contributed by atoms with Crippen LogP contribution in [0.1, 0.15) is 15.9 Å². The van der Waals surface area contributed by atoms with Crippen LogP contribution in [0.25, 0.3) is 11.0 Å². The lowest BCUT2D eigenvalue weighted by molar-refractivity contribution is 0.0698. The summed E-state index contributed by atoms with van der Waals surface area (Å²) in [5.74, 6) is -1.11. The molecule has 0 saturated heterocycles. The zero-order chi connectivity index (χ0) is 17.8. The molecule has 126 valence electrons. The van der Waals surface area contributed by atoms with Gasteiger partial charge >= 0.3 is 12.1 Å². The zero-order valence-corrected chi connectivity index (χ0v) is 12.9. The minimum Gasteiger partial charge on any atom is -0.478 e. The second kappa shape index (κ2) is 6.83. The van der Waals surface area contributed by atoms with Crippen molar-refractivity contribution in [1.82, 2.24) is 9.97 Å². The Bertz CT molecular complexity index is 998. The Hall–Kier alpha value is -3.68. The predicted octanol–water partition coefficient (Wildman–Crippen LogP) is 2.37. The van der Waals surface area contributed by atoms with Crippen molar-refractivity contribution < 1.29 is 19.4 Å². The first-order valence-corrected chi connectivity index (χ1v) is 7.28. The molecule has 8 nitrogen and oxygen atoms in total. The van der Waals surface area contributed by atoms with Crippen molar-refractivity contribution in [2.75, 3.05) is 5.32 Å². The van der Waals surface area contributed by atoms with Gasteiger partial charge in [-0.25, -0.2) is 14.6 Å². The number of fused-ring (bicyclic) bond motifs is 1. The summed E-state index contributed by atoms with van der Waals surface area (Å²) < 4.78 is 5.07. The lowest BCUT2D eigenvalue weighted by atomic mass is 10.1. The van der Waals surface area contributed by atoms with Crippen molar-refractivity contribution in [3.05, 3.63) is 70.0 Å². The van der Waals surface area contributed by atoms with Gasteiger partial charge in [0.15, 0.2) is 0 Å². The number of aromatic amines is 1. The molecule has 0 aliphatic rings. The molecule has 0 aliphatic carbocycles. The number of anilines is 1. The number of aromatic nitrogens is 2. The lowest BCUT2D eigenvalue weighted by Crippen LogP contribution is -2.16. The van der Waals surface area contributed by atoms with E-state index in [1.807, 2.05) is 30.3 Å². The van der Waals surface area contributed by atoms with E-state index in [0.717, 1.165) is 11.6 Å². The average Bonchev–Trinajstić information content (AvgIpc) is 2.59. The molecule has 8 heteroatoms. The van der Waals surface area contributed by atoms with Gasteiger partial charge in [0.1, 0.15) is 18.1 Å². The third-order valence-corrected chi connectivity index (χ3v) is 3.38. The first kappa shape index (κ1) is 16.2. The molecular weight excluding hydrogens is 326 g/mol. The molecule has 0 bridgehead atoms. The molecule has 0 radical (unpaired) electrons. The summed E-state index contributed by atoms with van der Waals surface area (Å²) in [7, 11) is 0. The highest BCUT2D eigenvalue weighted by Crippen LogP contribution is 2.16. The highest BCUT2D eigenvalue weighted by molar-refractivity contribution is 6.01. The van der Waals surface area contributed by atoms with E-state index in [0.29, 0.717) is 0 Å². The number of pyridine rings is 2. The van der Waals surface area contributed by atoms with E-state index in [2.05, 4.69) is 15.3 Å². The molecule has 3 N–H and O–H groups in total. The van der Waals surface area contributed by atoms with E-state index in [-0.39, 0.29) is 29.0 Å². The number of carbonyl (C=O) groups is 2. The van der Waals surface area contributed by atoms with Gasteiger partial charge in [-0.15, -0.1) is 0 Å². The van der Waals surface area contributed by atoms with Gasteiger partial charge in [-0.2, -0.15) is 0 Å². The van der Waals surface area contributed by atoms with Crippen LogP contribution in [0, 0.1) is 0 Å². The second-order valence-corrected chi connectivity index (χ2v) is 5.13. The van der Waals surface area contributed by atoms with Crippen molar-refractivity contribution in [3.63, 3.8) is 0 Å². The van der Waals surface area contributed by atoms with E-state index < -0.39 is 17.6 Å². The number of aromatic carboxylic acids is 1. The van der Waals surface area contributed by atoms with E-state index >= 15 is 0 Å². The fourth-order valence-electron chi connectivity index (χ4n) is 2.24. The van der Waals surface area contributed by atoms with Gasteiger partial charge in [0.25, 0.3) is 0 Å². The Kier molecular flexibility index (Phi) is 4.42. The normalized spacial score (nSPS) is 10.4. The maximum Gasteiger partial charge on any atom is 0.413 e. The lowest BCUT2D eigenvalue weighted by Gasteiger charge is -2.08. The number of H-pyrrole nitrogens is 1. The van der Waals surface area contributed by atoms with E-state index in [1.165, 1.54) is 12.1 Å². The number of carboxylic acids is 1. The summed E-state index contributed by atoms with van der Waals surface area (Å²) in [6.45, 7) is 0.0975. The van der Waals surface area contributed by atoms with Crippen molar-refractivity contribution in [2.24, 2.45) is 0 Å². The Morgan fingerprint density at radius 2 is 1.92 bits per heavy atom. The molecule has 3 rings (SSSR count). The molecule has 25 heavy (non-hydrogen) atoms. The van der Waals surface area contributed by atoms with E-state index in [1.54, 1.807) is 0 Å². The van der Waals surface area contributed by atoms with Crippen LogP contribution in [0.5, 0.6) is 0 Å². The van der Waals surface area contributed by atoms with Crippen LogP contribution in [-0.4, -0.2) is 27.1 Å². The van der Waals surface area contributed by atoms with Gasteiger partial charge in [-0.05, 0) is 17.7 Å². The molecule has 3 aromatic rings. The summed E-state index contributed by atoms with van der Waals surface area (Å²) in [6, 6.07) is 13.0. The third-order valence-electron chi connectivity index (χ3n) is 3.38. The quantitative estimate of drug-likeness (QED) is 0.671. The van der Waals surface area contributed by atoms with Crippen molar-refractivity contribution in [3.8, 4) is 0 Å². The summed E-state index contributed by atoms with van der Waals surface area (Å²) >= 11 is 0. The topological polar surface area (TPSA) is 121 Å². The molecule has 0 unspecified atom stereocenters. The van der Waals surface area contributed by atoms with Crippen LogP contribution in [0.4, 0.5) is 10.6 Å². The largest absolute Gasteiger partial charge is 0.478 e. The molecule has 0 fully saturated rings. The highest BCUT2D eigenvalue weighted by atomic mass is 16.5. The highest BCUT2D eigenvalue weighted by Gasteiger charge is 2.12. The number of nitrogens with zero attached hydrogens (tertiary/aromatic N) is 1. The van der Waals surface area contributed by atoms with Gasteiger partial charge in [0.2, 0.25) is 5.56 Å². The maximum absolute atomic E-state index is 11.8. The fraction of sp³-hybridized carbons (Fsp3) is 0.0588.